The first-order valence-corrected chi connectivity index (χ1v) is 2.12. The van der Waals surface area contributed by atoms with Crippen LogP contribution in [-0.2, 0) is 0 Å². The van der Waals surface area contributed by atoms with Gasteiger partial charge in [-0.15, -0.1) is 6.58 Å². The van der Waals surface area contributed by atoms with Gasteiger partial charge in [-0.3, -0.25) is 0 Å². The van der Waals surface area contributed by atoms with E-state index < -0.39 is 0 Å². The minimum Gasteiger partial charge on any atom is -0.100 e. The fourth-order valence-corrected chi connectivity index (χ4v) is 0.246. The molecule has 0 atom stereocenters. The van der Waals surface area contributed by atoms with Crippen molar-refractivity contribution in [2.24, 2.45) is 0 Å². The van der Waals surface area contributed by atoms with Crippen LogP contribution in [0, 0.1) is 0 Å². The molecular weight excluding hydrogens is 70.9 g/mol. The van der Waals surface area contributed by atoms with Crippen molar-refractivity contribution in [2.45, 2.75) is 19.7 Å². The van der Waals surface area contributed by atoms with E-state index in [1.54, 1.807) is 0 Å². The maximum Gasteiger partial charge on any atom is 0.0657 e. The molecule has 0 heterocycles. The number of allylic oxidation sites excluding steroid dienone is 1. The third kappa shape index (κ3) is 3.80. The largest absolute Gasteiger partial charge is 0.100 e. The van der Waals surface area contributed by atoms with Crippen LogP contribution in [0.1, 0.15) is 13.3 Å². The van der Waals surface area contributed by atoms with Gasteiger partial charge in [0, 0.05) is 0 Å². The second-order valence-corrected chi connectivity index (χ2v) is 1.50. The molecule has 0 aliphatic carbocycles. The molecule has 6 heavy (non-hydrogen) atoms. The van der Waals surface area contributed by atoms with Crippen molar-refractivity contribution in [3.05, 3.63) is 12.2 Å². The first kappa shape index (κ1) is 5.80. The van der Waals surface area contributed by atoms with E-state index in [9.17, 15) is 0 Å². The summed E-state index contributed by atoms with van der Waals surface area (Å²) in [5.74, 6) is 0. The molecule has 0 nitrogen and oxygen atoms in total. The van der Waals surface area contributed by atoms with Crippen molar-refractivity contribution >= 4 is 7.85 Å². The average molecular weight is 79.9 g/mol. The van der Waals surface area contributed by atoms with Gasteiger partial charge in [0.1, 0.15) is 0 Å². The van der Waals surface area contributed by atoms with Gasteiger partial charge in [-0.2, -0.15) is 0 Å². The molecule has 1 heteroatoms. The van der Waals surface area contributed by atoms with Crippen molar-refractivity contribution in [1.29, 1.82) is 0 Å². The van der Waals surface area contributed by atoms with E-state index in [1.807, 2.05) is 6.92 Å². The lowest BCUT2D eigenvalue weighted by atomic mass is 9.99. The van der Waals surface area contributed by atoms with Gasteiger partial charge in [-0.1, -0.05) is 11.9 Å². The first-order valence-electron chi connectivity index (χ1n) is 2.12. The van der Waals surface area contributed by atoms with Crippen LogP contribution in [0.2, 0.25) is 6.32 Å². The van der Waals surface area contributed by atoms with Gasteiger partial charge in [0.15, 0.2) is 0 Å². The molecule has 32 valence electrons. The van der Waals surface area contributed by atoms with E-state index in [2.05, 4.69) is 6.58 Å². The monoisotopic (exact) mass is 80.1 g/mol. The summed E-state index contributed by atoms with van der Waals surface area (Å²) in [7, 11) is 5.17. The van der Waals surface area contributed by atoms with Crippen molar-refractivity contribution in [3.63, 3.8) is 0 Å². The Hall–Kier alpha value is -0.195. The molecule has 0 aromatic rings. The molecule has 0 saturated carbocycles. The molecule has 0 aliphatic rings. The van der Waals surface area contributed by atoms with E-state index in [-0.39, 0.29) is 0 Å². The van der Waals surface area contributed by atoms with Crippen LogP contribution >= 0.6 is 0 Å². The van der Waals surface area contributed by atoms with Crippen LogP contribution in [0.3, 0.4) is 0 Å². The Morgan fingerprint density at radius 1 is 1.83 bits per heavy atom. The van der Waals surface area contributed by atoms with Crippen molar-refractivity contribution < 1.29 is 0 Å². The van der Waals surface area contributed by atoms with E-state index in [0.29, 0.717) is 0 Å². The topological polar surface area (TPSA) is 0 Å². The molecule has 2 radical (unpaired) electrons. The van der Waals surface area contributed by atoms with Gasteiger partial charge in [0.25, 0.3) is 0 Å². The molecule has 0 N–H and O–H groups in total. The molecule has 0 bridgehead atoms. The predicted octanol–water partition coefficient (Wildman–Crippen LogP) is 1.54. The van der Waals surface area contributed by atoms with Crippen LogP contribution in [-0.4, -0.2) is 7.85 Å². The summed E-state index contributed by atoms with van der Waals surface area (Å²) in [6.07, 6.45) is 1.69. The molecule has 0 saturated heterocycles. The first-order chi connectivity index (χ1) is 2.77. The van der Waals surface area contributed by atoms with E-state index in [0.717, 1.165) is 18.3 Å². The second kappa shape index (κ2) is 3.01. The summed E-state index contributed by atoms with van der Waals surface area (Å²) in [6, 6.07) is 0. The number of rotatable bonds is 2. The zero-order chi connectivity index (χ0) is 4.99. The van der Waals surface area contributed by atoms with Crippen molar-refractivity contribution in [2.75, 3.05) is 0 Å². The minimum absolute atomic E-state index is 0.731. The van der Waals surface area contributed by atoms with Gasteiger partial charge in [0.2, 0.25) is 0 Å². The molecule has 0 rings (SSSR count). The number of hydrogen-bond donors (Lipinski definition) is 0. The van der Waals surface area contributed by atoms with E-state index >= 15 is 0 Å². The molecule has 0 aromatic heterocycles. The molecule has 0 aliphatic heterocycles. The fraction of sp³-hybridized carbons (Fsp3) is 0.600. The Bertz CT molecular complexity index is 47.9. The van der Waals surface area contributed by atoms with Crippen LogP contribution in [0.5, 0.6) is 0 Å². The summed E-state index contributed by atoms with van der Waals surface area (Å²) < 4.78 is 0. The lowest BCUT2D eigenvalue weighted by Gasteiger charge is -1.87. The van der Waals surface area contributed by atoms with Crippen LogP contribution in [0.15, 0.2) is 12.2 Å². The minimum atomic E-state index is 0.731. The quantitative estimate of drug-likeness (QED) is 0.348. The maximum absolute atomic E-state index is 5.17. The number of hydrogen-bond acceptors (Lipinski definition) is 0. The molecule has 0 unspecified atom stereocenters. The normalized spacial score (nSPS) is 8.17. The highest BCUT2D eigenvalue weighted by molar-refractivity contribution is 6.08. The lowest BCUT2D eigenvalue weighted by molar-refractivity contribution is 1.10. The maximum atomic E-state index is 5.17. The summed E-state index contributed by atoms with van der Waals surface area (Å²) in [5.41, 5.74) is 1.16. The zero-order valence-electron chi connectivity index (χ0n) is 4.20. The van der Waals surface area contributed by atoms with Gasteiger partial charge >= 0.3 is 0 Å². The van der Waals surface area contributed by atoms with Crippen LogP contribution < -0.4 is 0 Å². The van der Waals surface area contributed by atoms with Gasteiger partial charge < -0.3 is 0 Å². The third-order valence-electron chi connectivity index (χ3n) is 0.571. The van der Waals surface area contributed by atoms with Gasteiger partial charge in [-0.05, 0) is 13.3 Å². The third-order valence-corrected chi connectivity index (χ3v) is 0.571. The zero-order valence-corrected chi connectivity index (χ0v) is 4.20. The highest BCUT2D eigenvalue weighted by Crippen LogP contribution is 1.95. The van der Waals surface area contributed by atoms with Gasteiger partial charge in [-0.25, -0.2) is 0 Å². The lowest BCUT2D eigenvalue weighted by Crippen LogP contribution is -1.69. The Morgan fingerprint density at radius 3 is 2.33 bits per heavy atom. The van der Waals surface area contributed by atoms with E-state index in [1.165, 1.54) is 0 Å². The van der Waals surface area contributed by atoms with Gasteiger partial charge in [0.05, 0.1) is 7.85 Å². The highest BCUT2D eigenvalue weighted by atomic mass is 13.8. The summed E-state index contributed by atoms with van der Waals surface area (Å²) in [5, 5.41) is 0. The summed E-state index contributed by atoms with van der Waals surface area (Å²) in [4.78, 5) is 0. The standard InChI is InChI=1S/C5H9B/c1-5(2)3-4-6/h1,3-4H2,2H3. The van der Waals surface area contributed by atoms with E-state index in [4.69, 9.17) is 7.85 Å². The Balaban J connectivity index is 2.83. The Morgan fingerprint density at radius 2 is 2.33 bits per heavy atom. The van der Waals surface area contributed by atoms with Crippen molar-refractivity contribution in [1.82, 2.24) is 0 Å². The molecular formula is C5H9B. The fourth-order valence-electron chi connectivity index (χ4n) is 0.246. The Labute approximate surface area is 40.7 Å². The molecule has 0 fully saturated rings. The molecule has 0 amide bonds. The SMILES string of the molecule is [B]CCC(=C)C. The predicted molar refractivity (Wildman–Crippen MR) is 30.0 cm³/mol. The highest BCUT2D eigenvalue weighted by Gasteiger charge is 1.76. The summed E-state index contributed by atoms with van der Waals surface area (Å²) >= 11 is 0. The van der Waals surface area contributed by atoms with Crippen molar-refractivity contribution in [3.8, 4) is 0 Å². The second-order valence-electron chi connectivity index (χ2n) is 1.50. The molecule has 0 aromatic carbocycles. The average Bonchev–Trinajstić information content (AvgIpc) is 1.35. The summed E-state index contributed by atoms with van der Waals surface area (Å²) in [6.45, 7) is 5.64. The van der Waals surface area contributed by atoms with Crippen LogP contribution in [0.25, 0.3) is 0 Å². The molecule has 0 spiro atoms. The smallest absolute Gasteiger partial charge is 0.0657 e. The van der Waals surface area contributed by atoms with Crippen LogP contribution in [0.4, 0.5) is 0 Å². The Kier molecular flexibility index (Phi) is 2.92.